The molecular formula is C85H90ClN9O23. The molecule has 18 rings (SSSR count). The molecule has 6 aliphatic heterocycles. The van der Waals surface area contributed by atoms with Gasteiger partial charge in [-0.3, -0.25) is 43.3 Å². The first-order valence-electron chi connectivity index (χ1n) is 39.0. The first-order valence-corrected chi connectivity index (χ1v) is 39.4. The summed E-state index contributed by atoms with van der Waals surface area (Å²) in [5.74, 6) is -13.7. The average molecular weight is 1640 g/mol. The minimum atomic E-state index is -2.32. The van der Waals surface area contributed by atoms with Crippen molar-refractivity contribution in [1.29, 1.82) is 0 Å². The number of ether oxygens (including phenoxy) is 5. The zero-order valence-corrected chi connectivity index (χ0v) is 65.0. The van der Waals surface area contributed by atoms with Crippen LogP contribution in [0.1, 0.15) is 140 Å². The molecule has 0 unspecified atom stereocenters. The van der Waals surface area contributed by atoms with Gasteiger partial charge in [-0.1, -0.05) is 92.2 Å². The summed E-state index contributed by atoms with van der Waals surface area (Å²) < 4.78 is 31.6. The number of amides is 9. The number of hydrogen-bond donors (Lipinski definition) is 17. The van der Waals surface area contributed by atoms with E-state index in [9.17, 15) is 55.5 Å². The second-order valence-electron chi connectivity index (χ2n) is 32.2. The Morgan fingerprint density at radius 3 is 1.86 bits per heavy atom. The Bertz CT molecular complexity index is 5110. The quantitative estimate of drug-likeness (QED) is 0.0678. The monoisotopic (exact) mass is 1640 g/mol. The van der Waals surface area contributed by atoms with Crippen LogP contribution >= 0.6 is 11.6 Å². The molecule has 9 amide bonds. The number of nitrogens with zero attached hydrogens (tertiary/aromatic N) is 1. The molecule has 6 heterocycles. The standard InChI is InChI=1S/C85H90ClN9O23/c1-35(2)19-55(95(4)85(113)114-34-52-48-11-7-5-9-46(48)47-10-6-8-12-49(47)52)78(107)93-69-71(101)40-14-17-58(36(3)20-40)115-60-28-44-29-61(76(60)118-84-75(105)74(104)73(103)62(33-96)117-84)116-59-18-15-41(27-53(59)86)72(102)70-83(112)92-68(81(110)89-65-42-22-37-21-38(24-42)25-43(65)23-37)51-30-45(97)31-57(99)64(51)50-26-39(13-16-56(50)98)66(79(108)94-70)91-80(109)67(44)90-77(106)54(32-63(87)100)88-82(69)111/h5-18,20,26-31,35,37-38,42-43,52,54-55,62,65-75,84,96-99,101-105H,19,21-25,32-34H2,1-4H3,(H2,87,100)(H,88,111)(H,89,110)(H,90,106)(H,91,109)(H,92,112)(H,93,107)(H,94,108)/t37?,38?,42?,43?,54-,55+,62+,65?,66+,67+,68-,69+,70-,71+,72+,73+,74-,75+,84-/m0/s1. The fourth-order valence-corrected chi connectivity index (χ4v) is 18.4. The van der Waals surface area contributed by atoms with Gasteiger partial charge in [-0.2, -0.15) is 0 Å². The van der Waals surface area contributed by atoms with Crippen molar-refractivity contribution in [3.05, 3.63) is 177 Å². The highest BCUT2D eigenvalue weighted by Gasteiger charge is 2.51. The number of primary amides is 1. The van der Waals surface area contributed by atoms with Gasteiger partial charge in [0.2, 0.25) is 59.3 Å². The Labute approximate surface area is 680 Å². The predicted octanol–water partition coefficient (Wildman–Crippen LogP) is 5.04. The number of halogens is 1. The number of nitrogens with one attached hydrogen (secondary N) is 7. The van der Waals surface area contributed by atoms with Gasteiger partial charge in [-0.25, -0.2) is 4.79 Å². The fourth-order valence-electron chi connectivity index (χ4n) is 18.2. The number of phenolic OH excluding ortho intramolecular Hbond substituents is 3. The number of hydrogen-bond acceptors (Lipinski definition) is 23. The lowest BCUT2D eigenvalue weighted by Gasteiger charge is -2.54. The van der Waals surface area contributed by atoms with E-state index >= 15 is 33.6 Å². The van der Waals surface area contributed by atoms with Gasteiger partial charge in [0.1, 0.15) is 114 Å². The highest BCUT2D eigenvalue weighted by Crippen LogP contribution is 2.55. The highest BCUT2D eigenvalue weighted by atomic mass is 35.5. The molecule has 4 saturated carbocycles. The average Bonchev–Trinajstić information content (AvgIpc) is 0.806. The van der Waals surface area contributed by atoms with E-state index in [4.69, 9.17) is 41.0 Å². The molecule has 11 aliphatic rings. The number of fused-ring (bicyclic) bond motifs is 18. The van der Waals surface area contributed by atoms with Crippen molar-refractivity contribution in [2.45, 2.75) is 163 Å². The van der Waals surface area contributed by atoms with Crippen LogP contribution < -0.4 is 57.2 Å². The number of nitrogens with two attached hydrogens (primary N) is 1. The summed E-state index contributed by atoms with van der Waals surface area (Å²) in [5, 5.41) is 123. The third-order valence-electron chi connectivity index (χ3n) is 23.9. The van der Waals surface area contributed by atoms with E-state index in [1.165, 1.54) is 44.3 Å². The Hall–Kier alpha value is -11.6. The summed E-state index contributed by atoms with van der Waals surface area (Å²) in [5.41, 5.74) is 7.76. The first-order chi connectivity index (χ1) is 56.4. The number of carbonyl (C=O) groups is 9. The van der Waals surface area contributed by atoms with Crippen molar-refractivity contribution >= 4 is 65.0 Å². The SMILES string of the molecule is Cc1cc2ccc1Oc1cc3cc(c1O[C@@H]1O[C@H](CO)[C@@H](O)[C@H](O)[C@H]1O)Oc1ccc(cc1Cl)[C@@H](O)[C@@H]1NC(=O)[C@H](NC(=O)[C@@H]3NC(=O)[C@H](CC(N)=O)NC(=O)[C@H](NC(=O)[C@@H](CC(C)C)N(C)C(=O)OCC3c4ccccc4-c4ccccc43)[C@@H]2O)c2ccc(O)c(c2)-c2c(O)cc(O)cc2[C@@H](C(=O)NC2C3CC4CC(C3)CC2C4)NC1=O. The van der Waals surface area contributed by atoms with E-state index in [1.54, 1.807) is 13.8 Å². The summed E-state index contributed by atoms with van der Waals surface area (Å²) in [6.45, 7) is 3.95. The molecule has 5 fully saturated rings. The molecule has 620 valence electrons. The highest BCUT2D eigenvalue weighted by molar-refractivity contribution is 6.32. The van der Waals surface area contributed by atoms with Crippen molar-refractivity contribution in [2.24, 2.45) is 35.3 Å². The molecule has 118 heavy (non-hydrogen) atoms. The largest absolute Gasteiger partial charge is 0.508 e. The number of aryl methyl sites for hydroxylation is 1. The minimum absolute atomic E-state index is 0.0499. The smallest absolute Gasteiger partial charge is 0.410 e. The maximum Gasteiger partial charge on any atom is 0.410 e. The normalized spacial score (nSPS) is 27.9. The van der Waals surface area contributed by atoms with Crippen LogP contribution in [-0.2, 0) is 47.8 Å². The van der Waals surface area contributed by atoms with Crippen molar-refractivity contribution in [2.75, 3.05) is 20.3 Å². The molecule has 7 aromatic rings. The molecule has 5 aliphatic carbocycles. The van der Waals surface area contributed by atoms with E-state index < -0.39 is 192 Å². The number of rotatable bonds is 14. The van der Waals surface area contributed by atoms with Crippen molar-refractivity contribution < 1.29 is 113 Å². The fraction of sp³-hybridized carbons (Fsp3) is 0.400. The summed E-state index contributed by atoms with van der Waals surface area (Å²) in [4.78, 5) is 138. The third-order valence-corrected chi connectivity index (χ3v) is 24.2. The lowest BCUT2D eigenvalue weighted by Crippen LogP contribution is -2.60. The Morgan fingerprint density at radius 1 is 0.610 bits per heavy atom. The zero-order valence-electron chi connectivity index (χ0n) is 64.3. The number of carbonyl (C=O) groups excluding carboxylic acids is 9. The molecule has 14 atom stereocenters. The number of aliphatic hydroxyl groups is 6. The van der Waals surface area contributed by atoms with E-state index in [-0.39, 0.29) is 98.2 Å². The van der Waals surface area contributed by atoms with Gasteiger partial charge in [0, 0.05) is 36.2 Å². The van der Waals surface area contributed by atoms with Crippen LogP contribution in [0.4, 0.5) is 4.79 Å². The molecule has 7 aromatic carbocycles. The van der Waals surface area contributed by atoms with Crippen LogP contribution in [-0.4, -0.2) is 185 Å². The lowest BCUT2D eigenvalue weighted by molar-refractivity contribution is -0.277. The second kappa shape index (κ2) is 33.1. The number of benzene rings is 7. The number of aromatic hydroxyl groups is 3. The van der Waals surface area contributed by atoms with Gasteiger partial charge >= 0.3 is 6.09 Å². The van der Waals surface area contributed by atoms with Crippen molar-refractivity contribution in [3.63, 3.8) is 0 Å². The van der Waals surface area contributed by atoms with Crippen LogP contribution in [0.3, 0.4) is 0 Å². The van der Waals surface area contributed by atoms with E-state index in [0.717, 1.165) is 108 Å². The van der Waals surface area contributed by atoms with Gasteiger partial charge in [0.15, 0.2) is 11.5 Å². The van der Waals surface area contributed by atoms with Gasteiger partial charge in [0.05, 0.1) is 18.1 Å². The summed E-state index contributed by atoms with van der Waals surface area (Å²) in [6.07, 6.45) is -11.7. The van der Waals surface area contributed by atoms with Crippen LogP contribution in [0.15, 0.2) is 127 Å². The Morgan fingerprint density at radius 2 is 1.22 bits per heavy atom. The first kappa shape index (κ1) is 81.5. The van der Waals surface area contributed by atoms with Crippen molar-refractivity contribution in [3.8, 4) is 68.2 Å². The van der Waals surface area contributed by atoms with Gasteiger partial charge in [-0.05, 0) is 185 Å². The molecule has 33 heteroatoms. The maximum atomic E-state index is 16.3. The molecule has 1 saturated heterocycles. The third kappa shape index (κ3) is 16.0. The molecule has 32 nitrogen and oxygen atoms in total. The zero-order chi connectivity index (χ0) is 83.7. The lowest BCUT2D eigenvalue weighted by atomic mass is 9.54. The molecular weight excluding hydrogens is 1550 g/mol. The number of aliphatic hydroxyl groups excluding tert-OH is 6. The van der Waals surface area contributed by atoms with Crippen LogP contribution in [0.5, 0.6) is 46.0 Å². The van der Waals surface area contributed by atoms with E-state index in [1.807, 2.05) is 48.5 Å². The summed E-state index contributed by atoms with van der Waals surface area (Å²) >= 11 is 7.16. The summed E-state index contributed by atoms with van der Waals surface area (Å²) in [6, 6.07) is 15.6. The van der Waals surface area contributed by atoms with E-state index in [2.05, 4.69) is 37.2 Å². The molecule has 0 aromatic heterocycles. The Balaban J connectivity index is 0.852. The summed E-state index contributed by atoms with van der Waals surface area (Å²) in [7, 11) is 1.32. The molecule has 15 bridgehead atoms. The van der Waals surface area contributed by atoms with Gasteiger partial charge < -0.3 is 113 Å². The van der Waals surface area contributed by atoms with Crippen molar-refractivity contribution in [1.82, 2.24) is 42.1 Å². The second-order valence-corrected chi connectivity index (χ2v) is 32.6. The van der Waals surface area contributed by atoms with Crippen LogP contribution in [0.2, 0.25) is 5.02 Å². The van der Waals surface area contributed by atoms with Crippen LogP contribution in [0, 0.1) is 36.5 Å². The van der Waals surface area contributed by atoms with Gasteiger partial charge in [-0.15, -0.1) is 0 Å². The van der Waals surface area contributed by atoms with E-state index in [0.29, 0.717) is 11.8 Å². The number of likely N-dealkylation sites (N-methyl/N-ethyl adjacent to an activating group) is 1. The maximum absolute atomic E-state index is 16.3. The minimum Gasteiger partial charge on any atom is -0.508 e. The topological polar surface area (TPSA) is 495 Å². The van der Waals surface area contributed by atoms with Crippen LogP contribution in [0.25, 0.3) is 22.3 Å². The van der Waals surface area contributed by atoms with Gasteiger partial charge in [0.25, 0.3) is 0 Å². The molecule has 0 radical (unpaired) electrons. The Kier molecular flexibility index (Phi) is 22.8. The number of phenols is 3. The molecule has 0 spiro atoms. The predicted molar refractivity (Wildman–Crippen MR) is 418 cm³/mol. The molecule has 18 N–H and O–H groups in total.